The van der Waals surface area contributed by atoms with Crippen LogP contribution in [-0.2, 0) is 53.0 Å². The Bertz CT molecular complexity index is 2030. The Morgan fingerprint density at radius 2 is 1.69 bits per heavy atom. The van der Waals surface area contributed by atoms with Crippen LogP contribution >= 0.6 is 0 Å². The fourth-order valence-electron chi connectivity index (χ4n) is 7.99. The molecule has 5 atom stereocenters. The van der Waals surface area contributed by atoms with E-state index in [1.807, 2.05) is 30.3 Å². The second kappa shape index (κ2) is 21.8. The number of amides is 5. The van der Waals surface area contributed by atoms with Gasteiger partial charge in [-0.1, -0.05) is 96.9 Å². The van der Waals surface area contributed by atoms with Gasteiger partial charge in [-0.05, 0) is 62.6 Å². The lowest BCUT2D eigenvalue weighted by atomic mass is 9.84. The molecule has 19 heteroatoms. The molecule has 1 aliphatic heterocycles. The Hall–Kier alpha value is -5.53. The molecule has 6 N–H and O–H groups in total. The van der Waals surface area contributed by atoms with Gasteiger partial charge in [0.2, 0.25) is 17.6 Å². The van der Waals surface area contributed by atoms with Crippen LogP contribution in [0.3, 0.4) is 0 Å². The Balaban J connectivity index is 1.35. The summed E-state index contributed by atoms with van der Waals surface area (Å²) in [7, 11) is 0. The number of aliphatic hydroxyl groups is 1. The number of alkyl carbamates (subject to hydrolysis) is 1. The number of benzene rings is 2. The van der Waals surface area contributed by atoms with E-state index in [1.54, 1.807) is 26.0 Å². The Morgan fingerprint density at radius 1 is 0.984 bits per heavy atom. The Morgan fingerprint density at radius 3 is 2.38 bits per heavy atom. The van der Waals surface area contributed by atoms with Crippen molar-refractivity contribution in [3.63, 3.8) is 0 Å². The van der Waals surface area contributed by atoms with Crippen LogP contribution in [-0.4, -0.2) is 100 Å². The number of ether oxygens (including phenoxy) is 1. The van der Waals surface area contributed by atoms with Gasteiger partial charge in [0, 0.05) is 30.8 Å². The first-order valence-corrected chi connectivity index (χ1v) is 21.8. The molecule has 1 saturated carbocycles. The van der Waals surface area contributed by atoms with Gasteiger partial charge in [0.25, 0.3) is 11.8 Å². The van der Waals surface area contributed by atoms with Crippen molar-refractivity contribution in [1.29, 1.82) is 0 Å². The van der Waals surface area contributed by atoms with Crippen LogP contribution < -0.4 is 21.7 Å². The lowest BCUT2D eigenvalue weighted by Gasteiger charge is -2.32. The lowest BCUT2D eigenvalue weighted by Crippen LogP contribution is -2.56. The molecular formula is C42H55N8O10S-. The predicted molar refractivity (Wildman–Crippen MR) is 221 cm³/mol. The van der Waals surface area contributed by atoms with Crippen LogP contribution in [0.2, 0.25) is 0 Å². The maximum Gasteiger partial charge on any atom is 0.407 e. The molecule has 3 aromatic rings. The van der Waals surface area contributed by atoms with Crippen LogP contribution in [0.25, 0.3) is 0 Å². The highest BCUT2D eigenvalue weighted by molar-refractivity contribution is 7.78. The van der Waals surface area contributed by atoms with E-state index in [4.69, 9.17) is 10.5 Å². The van der Waals surface area contributed by atoms with E-state index in [-0.39, 0.29) is 62.4 Å². The zero-order valence-corrected chi connectivity index (χ0v) is 35.3. The molecule has 2 unspecified atom stereocenters. The smallest absolute Gasteiger partial charge is 0.407 e. The second-order valence-electron chi connectivity index (χ2n) is 16.2. The standard InChI is InChI=1S/C42H56N8O10S/c1-42(2,57)35-23-45-48-50(35)30-22-34(39(54)46-32(36(51)37(43)52)19-11-12-20-44-41(56)60-25-28-15-7-4-8-16-28)49(24-30)40(55)33(21-27-13-5-3-6-14-27)47-38(53)31-18-10-9-17-29(31)26-61(58)59/h4,7-10,15-18,23,27,30,32-34,57H,3,5-6,11-14,19-22,24-26H2,1-2H3,(H2,43,52)(H,44,56)(H,46,54)(H,47,53)(H,58,59)/p-1/t30-,32?,33+,34-/m0/s1. The molecule has 0 radical (unpaired) electrons. The summed E-state index contributed by atoms with van der Waals surface area (Å²) < 4.78 is 29.9. The number of ketones is 1. The third-order valence-electron chi connectivity index (χ3n) is 11.1. The number of hydrogen-bond acceptors (Lipinski definition) is 12. The quantitative estimate of drug-likeness (QED) is 0.0623. The molecule has 2 fully saturated rings. The van der Waals surface area contributed by atoms with Crippen LogP contribution in [0.15, 0.2) is 60.8 Å². The van der Waals surface area contributed by atoms with Gasteiger partial charge in [-0.3, -0.25) is 28.2 Å². The lowest BCUT2D eigenvalue weighted by molar-refractivity contribution is -0.142. The molecule has 2 aliphatic rings. The number of primary amides is 1. The third kappa shape index (κ3) is 13.2. The fourth-order valence-corrected chi connectivity index (χ4v) is 8.50. The second-order valence-corrected chi connectivity index (χ2v) is 17.1. The number of nitrogens with two attached hydrogens (primary N) is 1. The molecule has 2 heterocycles. The minimum atomic E-state index is -2.49. The summed E-state index contributed by atoms with van der Waals surface area (Å²) in [5, 5.41) is 27.2. The van der Waals surface area contributed by atoms with Gasteiger partial charge in [-0.25, -0.2) is 9.48 Å². The van der Waals surface area contributed by atoms with E-state index >= 15 is 0 Å². The molecule has 1 aromatic heterocycles. The van der Waals surface area contributed by atoms with Crippen molar-refractivity contribution < 1.29 is 47.4 Å². The monoisotopic (exact) mass is 863 g/mol. The van der Waals surface area contributed by atoms with Crippen molar-refractivity contribution >= 4 is 46.6 Å². The number of carbonyl (C=O) groups excluding carboxylic acids is 6. The topological polar surface area (TPSA) is 268 Å². The molecule has 1 aliphatic carbocycles. The largest absolute Gasteiger partial charge is 0.772 e. The molecule has 61 heavy (non-hydrogen) atoms. The zero-order valence-electron chi connectivity index (χ0n) is 34.5. The van der Waals surface area contributed by atoms with Gasteiger partial charge < -0.3 is 41.0 Å². The zero-order chi connectivity index (χ0) is 44.1. The molecule has 18 nitrogen and oxygen atoms in total. The maximum atomic E-state index is 14.9. The molecule has 5 rings (SSSR count). The van der Waals surface area contributed by atoms with Crippen molar-refractivity contribution in [2.45, 2.75) is 120 Å². The minimum absolute atomic E-state index is 0.0157. The first kappa shape index (κ1) is 46.5. The molecule has 0 spiro atoms. The SMILES string of the molecule is CC(C)(O)c1cnnn1[C@H]1C[C@@H](C(=O)NC(CCCCNC(=O)OCc2ccccc2)C(=O)C(N)=O)N(C(=O)[C@@H](CC2CCCCC2)NC(=O)c2ccccc2CS(=O)[O-])C1. The molecule has 2 aromatic carbocycles. The first-order valence-electron chi connectivity index (χ1n) is 20.6. The summed E-state index contributed by atoms with van der Waals surface area (Å²) >= 11 is -2.49. The molecule has 1 saturated heterocycles. The van der Waals surface area contributed by atoms with Crippen molar-refractivity contribution in [3.05, 3.63) is 83.2 Å². The first-order chi connectivity index (χ1) is 29.1. The number of Topliss-reactive ketones (excluding diaryl/α,β-unsaturated/α-hetero) is 1. The highest BCUT2D eigenvalue weighted by Crippen LogP contribution is 2.34. The molecule has 330 valence electrons. The number of rotatable bonds is 20. The summed E-state index contributed by atoms with van der Waals surface area (Å²) in [4.78, 5) is 81.9. The average molecular weight is 864 g/mol. The number of unbranched alkanes of at least 4 members (excludes halogenated alkanes) is 1. The van der Waals surface area contributed by atoms with Crippen LogP contribution in [0.5, 0.6) is 0 Å². The number of hydrogen-bond donors (Lipinski definition) is 5. The summed E-state index contributed by atoms with van der Waals surface area (Å²) in [6.45, 7) is 3.26. The van der Waals surface area contributed by atoms with Crippen LogP contribution in [0, 0.1) is 5.92 Å². The molecular weight excluding hydrogens is 809 g/mol. The number of nitrogens with one attached hydrogen (secondary N) is 3. The highest BCUT2D eigenvalue weighted by atomic mass is 32.2. The number of carbonyl (C=O) groups is 6. The van der Waals surface area contributed by atoms with Crippen LogP contribution in [0.4, 0.5) is 4.79 Å². The summed E-state index contributed by atoms with van der Waals surface area (Å²) in [5.74, 6) is -4.64. The summed E-state index contributed by atoms with van der Waals surface area (Å²) in [6.07, 6.45) is 6.19. The Kier molecular flexibility index (Phi) is 16.7. The van der Waals surface area contributed by atoms with Gasteiger partial charge in [-0.2, -0.15) is 0 Å². The summed E-state index contributed by atoms with van der Waals surface area (Å²) in [6, 6.07) is 10.9. The average Bonchev–Trinajstić information content (AvgIpc) is 3.91. The van der Waals surface area contributed by atoms with E-state index in [0.29, 0.717) is 12.1 Å². The van der Waals surface area contributed by atoms with E-state index in [1.165, 1.54) is 27.9 Å². The van der Waals surface area contributed by atoms with Crippen molar-refractivity contribution in [1.82, 2.24) is 35.8 Å². The van der Waals surface area contributed by atoms with E-state index in [2.05, 4.69) is 26.3 Å². The van der Waals surface area contributed by atoms with Crippen molar-refractivity contribution in [2.75, 3.05) is 13.1 Å². The predicted octanol–water partition coefficient (Wildman–Crippen LogP) is 2.43. The van der Waals surface area contributed by atoms with Crippen molar-refractivity contribution in [3.8, 4) is 0 Å². The van der Waals surface area contributed by atoms with Gasteiger partial charge in [0.1, 0.15) is 24.3 Å². The number of nitrogens with zero attached hydrogens (tertiary/aromatic N) is 4. The van der Waals surface area contributed by atoms with E-state index in [0.717, 1.165) is 37.7 Å². The third-order valence-corrected chi connectivity index (χ3v) is 11.7. The van der Waals surface area contributed by atoms with Gasteiger partial charge in [-0.15, -0.1) is 5.10 Å². The van der Waals surface area contributed by atoms with E-state index in [9.17, 15) is 42.6 Å². The van der Waals surface area contributed by atoms with E-state index < -0.39 is 82.1 Å². The number of likely N-dealkylation sites (tertiary alicyclic amines) is 1. The van der Waals surface area contributed by atoms with Gasteiger partial charge in [0.05, 0.1) is 24.0 Å². The van der Waals surface area contributed by atoms with Crippen molar-refractivity contribution in [2.24, 2.45) is 11.7 Å². The normalized spacial score (nSPS) is 18.4. The highest BCUT2D eigenvalue weighted by Gasteiger charge is 2.45. The maximum absolute atomic E-state index is 14.9. The number of aromatic nitrogens is 3. The minimum Gasteiger partial charge on any atom is -0.772 e. The van der Waals surface area contributed by atoms with Gasteiger partial charge in [0.15, 0.2) is 0 Å². The summed E-state index contributed by atoms with van der Waals surface area (Å²) in [5.41, 5.74) is 5.49. The Labute approximate surface area is 357 Å². The molecule has 5 amide bonds. The van der Waals surface area contributed by atoms with Crippen LogP contribution in [0.1, 0.15) is 111 Å². The molecule has 0 bridgehead atoms. The van der Waals surface area contributed by atoms with Gasteiger partial charge >= 0.3 is 6.09 Å². The fraction of sp³-hybridized carbons (Fsp3) is 0.524.